The monoisotopic (exact) mass is 342 g/mol. The molecule has 0 spiro atoms. The lowest BCUT2D eigenvalue weighted by molar-refractivity contribution is -0.129. The zero-order chi connectivity index (χ0) is 14.2. The molecule has 2 rings (SSSR count). The standard InChI is InChI=1S/C15H18N2OS2.ClH/c1-13(18)17(12-15-4-2-10-20-15)9-3-11-19-14-5-7-16-8-6-14;/h2,4-8,10H,3,9,11-12H2,1H3;1H. The largest absolute Gasteiger partial charge is 0.338 e. The van der Waals surface area contributed by atoms with E-state index in [1.807, 2.05) is 28.5 Å². The third kappa shape index (κ3) is 6.50. The van der Waals surface area contributed by atoms with Crippen LogP contribution in [-0.2, 0) is 11.3 Å². The van der Waals surface area contributed by atoms with Gasteiger partial charge < -0.3 is 4.90 Å². The maximum absolute atomic E-state index is 11.6. The highest BCUT2D eigenvalue weighted by molar-refractivity contribution is 7.99. The second kappa shape index (κ2) is 9.82. The zero-order valence-electron chi connectivity index (χ0n) is 11.9. The molecule has 2 heterocycles. The Morgan fingerprint density at radius 3 is 2.71 bits per heavy atom. The van der Waals surface area contributed by atoms with Gasteiger partial charge in [0.1, 0.15) is 0 Å². The summed E-state index contributed by atoms with van der Waals surface area (Å²) in [7, 11) is 0. The molecule has 21 heavy (non-hydrogen) atoms. The summed E-state index contributed by atoms with van der Waals surface area (Å²) in [5.74, 6) is 1.16. The molecule has 2 aromatic heterocycles. The minimum atomic E-state index is 0. The molecule has 0 N–H and O–H groups in total. The van der Waals surface area contributed by atoms with Crippen LogP contribution in [0.15, 0.2) is 46.9 Å². The van der Waals surface area contributed by atoms with Crippen molar-refractivity contribution in [2.75, 3.05) is 12.3 Å². The molecular weight excluding hydrogens is 324 g/mol. The molecule has 0 aliphatic rings. The Labute approximate surface area is 140 Å². The topological polar surface area (TPSA) is 33.2 Å². The molecule has 0 radical (unpaired) electrons. The second-order valence-corrected chi connectivity index (χ2v) is 6.61. The SMILES string of the molecule is CC(=O)N(CCCSc1ccncc1)Cc1cccs1.Cl. The molecule has 0 unspecified atom stereocenters. The van der Waals surface area contributed by atoms with Gasteiger partial charge >= 0.3 is 0 Å². The average Bonchev–Trinajstić information content (AvgIpc) is 2.96. The van der Waals surface area contributed by atoms with E-state index in [0.29, 0.717) is 0 Å². The minimum Gasteiger partial charge on any atom is -0.338 e. The maximum atomic E-state index is 11.6. The van der Waals surface area contributed by atoms with Gasteiger partial charge in [0.2, 0.25) is 5.91 Å². The third-order valence-electron chi connectivity index (χ3n) is 2.86. The molecule has 3 nitrogen and oxygen atoms in total. The summed E-state index contributed by atoms with van der Waals surface area (Å²) >= 11 is 3.51. The maximum Gasteiger partial charge on any atom is 0.219 e. The fourth-order valence-corrected chi connectivity index (χ4v) is 3.36. The van der Waals surface area contributed by atoms with Gasteiger partial charge in [-0.1, -0.05) is 6.07 Å². The van der Waals surface area contributed by atoms with Gasteiger partial charge in [0.25, 0.3) is 0 Å². The smallest absolute Gasteiger partial charge is 0.219 e. The minimum absolute atomic E-state index is 0. The summed E-state index contributed by atoms with van der Waals surface area (Å²) in [5, 5.41) is 2.05. The van der Waals surface area contributed by atoms with Crippen molar-refractivity contribution < 1.29 is 4.79 Å². The van der Waals surface area contributed by atoms with E-state index >= 15 is 0 Å². The van der Waals surface area contributed by atoms with Crippen molar-refractivity contribution in [1.29, 1.82) is 0 Å². The van der Waals surface area contributed by atoms with E-state index in [9.17, 15) is 4.79 Å². The Morgan fingerprint density at radius 2 is 2.10 bits per heavy atom. The molecule has 6 heteroatoms. The van der Waals surface area contributed by atoms with Gasteiger partial charge in [-0.15, -0.1) is 35.5 Å². The van der Waals surface area contributed by atoms with Crippen molar-refractivity contribution >= 4 is 41.4 Å². The van der Waals surface area contributed by atoms with Gasteiger partial charge in [-0.2, -0.15) is 0 Å². The Bertz CT molecular complexity index is 520. The first-order valence-corrected chi connectivity index (χ1v) is 8.43. The van der Waals surface area contributed by atoms with Crippen LogP contribution in [0.25, 0.3) is 0 Å². The van der Waals surface area contributed by atoms with Crippen molar-refractivity contribution in [3.63, 3.8) is 0 Å². The first-order valence-electron chi connectivity index (χ1n) is 6.56. The molecular formula is C15H19ClN2OS2. The normalized spacial score (nSPS) is 9.95. The fourth-order valence-electron chi connectivity index (χ4n) is 1.82. The Morgan fingerprint density at radius 1 is 1.33 bits per heavy atom. The number of nitrogens with zero attached hydrogens (tertiary/aromatic N) is 2. The van der Waals surface area contributed by atoms with Crippen LogP contribution in [0.1, 0.15) is 18.2 Å². The quantitative estimate of drug-likeness (QED) is 0.561. The van der Waals surface area contributed by atoms with Crippen LogP contribution < -0.4 is 0 Å². The van der Waals surface area contributed by atoms with Crippen LogP contribution in [0.2, 0.25) is 0 Å². The van der Waals surface area contributed by atoms with Crippen LogP contribution in [0, 0.1) is 0 Å². The van der Waals surface area contributed by atoms with Gasteiger partial charge in [-0.05, 0) is 35.8 Å². The first kappa shape index (κ1) is 18.0. The highest BCUT2D eigenvalue weighted by Gasteiger charge is 2.09. The van der Waals surface area contributed by atoms with Crippen molar-refractivity contribution in [1.82, 2.24) is 9.88 Å². The molecule has 0 atom stereocenters. The first-order chi connectivity index (χ1) is 9.75. The Balaban J connectivity index is 0.00000220. The van der Waals surface area contributed by atoms with Gasteiger partial charge in [-0.3, -0.25) is 9.78 Å². The van der Waals surface area contributed by atoms with Crippen molar-refractivity contribution in [3.05, 3.63) is 46.9 Å². The summed E-state index contributed by atoms with van der Waals surface area (Å²) in [4.78, 5) is 20.0. The Hall–Kier alpha value is -1.04. The van der Waals surface area contributed by atoms with Crippen LogP contribution in [-0.4, -0.2) is 28.1 Å². The van der Waals surface area contributed by atoms with Gasteiger partial charge in [0, 0.05) is 35.6 Å². The number of aromatic nitrogens is 1. The van der Waals surface area contributed by atoms with Crippen molar-refractivity contribution in [2.45, 2.75) is 24.8 Å². The predicted octanol–water partition coefficient (Wildman–Crippen LogP) is 4.10. The zero-order valence-corrected chi connectivity index (χ0v) is 14.3. The highest BCUT2D eigenvalue weighted by Crippen LogP contribution is 2.18. The fraction of sp³-hybridized carbons (Fsp3) is 0.333. The molecule has 0 saturated carbocycles. The third-order valence-corrected chi connectivity index (χ3v) is 4.82. The van der Waals surface area contributed by atoms with Crippen LogP contribution in [0.5, 0.6) is 0 Å². The summed E-state index contributed by atoms with van der Waals surface area (Å²) in [6.45, 7) is 3.18. The van der Waals surface area contributed by atoms with E-state index < -0.39 is 0 Å². The molecule has 0 fully saturated rings. The number of carbonyl (C=O) groups excluding carboxylic acids is 1. The molecule has 114 valence electrons. The van der Waals surface area contributed by atoms with E-state index in [1.165, 1.54) is 9.77 Å². The summed E-state index contributed by atoms with van der Waals surface area (Å²) in [6.07, 6.45) is 4.61. The van der Waals surface area contributed by atoms with Gasteiger partial charge in [0.15, 0.2) is 0 Å². The molecule has 0 aromatic carbocycles. The lowest BCUT2D eigenvalue weighted by Gasteiger charge is -2.20. The predicted molar refractivity (Wildman–Crippen MR) is 92.2 cm³/mol. The highest BCUT2D eigenvalue weighted by atomic mass is 35.5. The van der Waals surface area contributed by atoms with Crippen LogP contribution in [0.4, 0.5) is 0 Å². The number of amides is 1. The Kier molecular flexibility index (Phi) is 8.42. The lowest BCUT2D eigenvalue weighted by atomic mass is 10.3. The number of carbonyl (C=O) groups is 1. The van der Waals surface area contributed by atoms with Crippen molar-refractivity contribution in [2.24, 2.45) is 0 Å². The second-order valence-electron chi connectivity index (χ2n) is 4.40. The molecule has 2 aromatic rings. The molecule has 0 aliphatic carbocycles. The van der Waals surface area contributed by atoms with E-state index in [2.05, 4.69) is 11.1 Å². The van der Waals surface area contributed by atoms with Gasteiger partial charge in [-0.25, -0.2) is 0 Å². The summed E-state index contributed by atoms with van der Waals surface area (Å²) < 4.78 is 0. The van der Waals surface area contributed by atoms with E-state index in [-0.39, 0.29) is 18.3 Å². The lowest BCUT2D eigenvalue weighted by Crippen LogP contribution is -2.29. The molecule has 1 amide bonds. The number of hydrogen-bond donors (Lipinski definition) is 0. The molecule has 0 saturated heterocycles. The van der Waals surface area contributed by atoms with E-state index in [0.717, 1.165) is 25.3 Å². The molecule has 0 aliphatic heterocycles. The number of rotatable bonds is 7. The van der Waals surface area contributed by atoms with E-state index in [4.69, 9.17) is 0 Å². The molecule has 0 bridgehead atoms. The van der Waals surface area contributed by atoms with E-state index in [1.54, 1.807) is 42.4 Å². The number of hydrogen-bond acceptors (Lipinski definition) is 4. The van der Waals surface area contributed by atoms with Gasteiger partial charge in [0.05, 0.1) is 6.54 Å². The summed E-state index contributed by atoms with van der Waals surface area (Å²) in [5.41, 5.74) is 0. The van der Waals surface area contributed by atoms with Crippen molar-refractivity contribution in [3.8, 4) is 0 Å². The number of pyridine rings is 1. The van der Waals surface area contributed by atoms with Crippen LogP contribution in [0.3, 0.4) is 0 Å². The number of halogens is 1. The number of thiophene rings is 1. The number of thioether (sulfide) groups is 1. The summed E-state index contributed by atoms with van der Waals surface area (Å²) in [6, 6.07) is 8.13. The average molecular weight is 343 g/mol. The van der Waals surface area contributed by atoms with Crippen LogP contribution >= 0.6 is 35.5 Å².